The quantitative estimate of drug-likeness (QED) is 0.630. The van der Waals surface area contributed by atoms with Crippen LogP contribution in [0.15, 0.2) is 0 Å². The zero-order chi connectivity index (χ0) is 12.0. The summed E-state index contributed by atoms with van der Waals surface area (Å²) in [5.41, 5.74) is 0.364. The molecule has 1 rings (SSSR count). The van der Waals surface area contributed by atoms with Crippen molar-refractivity contribution in [3.63, 3.8) is 0 Å². The summed E-state index contributed by atoms with van der Waals surface area (Å²) in [6.07, 6.45) is 4.48. The molecule has 0 aromatic heterocycles. The SMILES string of the molecule is CCN(CCCN(C)C)CC1(CC#N)CC1. The van der Waals surface area contributed by atoms with Gasteiger partial charge in [-0.25, -0.2) is 0 Å². The first-order chi connectivity index (χ1) is 7.62. The van der Waals surface area contributed by atoms with Crippen molar-refractivity contribution in [2.45, 2.75) is 32.6 Å². The molecule has 1 aliphatic carbocycles. The normalized spacial score (nSPS) is 17.8. The Balaban J connectivity index is 2.24. The fraction of sp³-hybridized carbons (Fsp3) is 0.923. The summed E-state index contributed by atoms with van der Waals surface area (Å²) in [7, 11) is 4.24. The molecular formula is C13H25N3. The summed E-state index contributed by atoms with van der Waals surface area (Å²) < 4.78 is 0. The van der Waals surface area contributed by atoms with E-state index < -0.39 is 0 Å². The Morgan fingerprint density at radius 3 is 2.38 bits per heavy atom. The van der Waals surface area contributed by atoms with Crippen LogP contribution in [0.4, 0.5) is 0 Å². The highest BCUT2D eigenvalue weighted by atomic mass is 15.1. The predicted octanol–water partition coefficient (Wildman–Crippen LogP) is 1.95. The molecule has 0 atom stereocenters. The highest BCUT2D eigenvalue weighted by Gasteiger charge is 2.43. The van der Waals surface area contributed by atoms with Gasteiger partial charge in [-0.3, -0.25) is 0 Å². The molecule has 16 heavy (non-hydrogen) atoms. The van der Waals surface area contributed by atoms with E-state index in [0.717, 1.165) is 26.1 Å². The van der Waals surface area contributed by atoms with E-state index in [1.54, 1.807) is 0 Å². The van der Waals surface area contributed by atoms with Crippen LogP contribution in [-0.4, -0.2) is 50.1 Å². The number of nitriles is 1. The molecule has 0 bridgehead atoms. The van der Waals surface area contributed by atoms with E-state index in [2.05, 4.69) is 36.9 Å². The number of hydrogen-bond acceptors (Lipinski definition) is 3. The molecule has 0 N–H and O–H groups in total. The monoisotopic (exact) mass is 223 g/mol. The Kier molecular flexibility index (Phi) is 5.24. The van der Waals surface area contributed by atoms with Crippen LogP contribution < -0.4 is 0 Å². The molecule has 1 fully saturated rings. The third-order valence-corrected chi connectivity index (χ3v) is 3.50. The zero-order valence-electron chi connectivity index (χ0n) is 11.0. The van der Waals surface area contributed by atoms with Crippen LogP contribution in [0.3, 0.4) is 0 Å². The topological polar surface area (TPSA) is 30.3 Å². The van der Waals surface area contributed by atoms with Gasteiger partial charge in [0.2, 0.25) is 0 Å². The van der Waals surface area contributed by atoms with Crippen LogP contribution in [-0.2, 0) is 0 Å². The summed E-state index contributed by atoms with van der Waals surface area (Å²) in [6, 6.07) is 2.34. The van der Waals surface area contributed by atoms with Gasteiger partial charge in [0.05, 0.1) is 6.07 Å². The largest absolute Gasteiger partial charge is 0.309 e. The van der Waals surface area contributed by atoms with E-state index in [1.807, 2.05) is 0 Å². The van der Waals surface area contributed by atoms with E-state index in [-0.39, 0.29) is 0 Å². The summed E-state index contributed by atoms with van der Waals surface area (Å²) in [5.74, 6) is 0. The highest BCUT2D eigenvalue weighted by Crippen LogP contribution is 2.49. The van der Waals surface area contributed by atoms with Gasteiger partial charge in [-0.1, -0.05) is 6.92 Å². The molecule has 0 heterocycles. The summed E-state index contributed by atoms with van der Waals surface area (Å²) in [6.45, 7) is 6.78. The minimum Gasteiger partial charge on any atom is -0.309 e. The van der Waals surface area contributed by atoms with Crippen molar-refractivity contribution in [3.8, 4) is 6.07 Å². The highest BCUT2D eigenvalue weighted by molar-refractivity contribution is 5.01. The van der Waals surface area contributed by atoms with Gasteiger partial charge in [0.15, 0.2) is 0 Å². The standard InChI is InChI=1S/C13H25N3/c1-4-16(11-5-10-15(2)3)12-13(6-7-13)8-9-14/h4-8,10-12H2,1-3H3. The number of hydrogen-bond donors (Lipinski definition) is 0. The molecule has 3 nitrogen and oxygen atoms in total. The maximum atomic E-state index is 8.80. The predicted molar refractivity (Wildman–Crippen MR) is 67.2 cm³/mol. The van der Waals surface area contributed by atoms with Crippen molar-refractivity contribution >= 4 is 0 Å². The van der Waals surface area contributed by atoms with E-state index in [0.29, 0.717) is 5.41 Å². The average molecular weight is 223 g/mol. The van der Waals surface area contributed by atoms with Gasteiger partial charge in [0, 0.05) is 13.0 Å². The molecule has 0 spiro atoms. The van der Waals surface area contributed by atoms with Crippen molar-refractivity contribution in [3.05, 3.63) is 0 Å². The van der Waals surface area contributed by atoms with Crippen LogP contribution in [0.2, 0.25) is 0 Å². The van der Waals surface area contributed by atoms with Gasteiger partial charge in [0.25, 0.3) is 0 Å². The molecule has 0 aliphatic heterocycles. The van der Waals surface area contributed by atoms with Crippen molar-refractivity contribution in [2.24, 2.45) is 5.41 Å². The fourth-order valence-corrected chi connectivity index (χ4v) is 2.17. The maximum Gasteiger partial charge on any atom is 0.0628 e. The lowest BCUT2D eigenvalue weighted by Gasteiger charge is -2.25. The van der Waals surface area contributed by atoms with Gasteiger partial charge in [-0.15, -0.1) is 0 Å². The van der Waals surface area contributed by atoms with E-state index in [1.165, 1.54) is 25.8 Å². The van der Waals surface area contributed by atoms with Crippen molar-refractivity contribution in [1.29, 1.82) is 5.26 Å². The molecule has 0 unspecified atom stereocenters. The van der Waals surface area contributed by atoms with Crippen LogP contribution >= 0.6 is 0 Å². The Bertz CT molecular complexity index is 238. The first-order valence-electron chi connectivity index (χ1n) is 6.36. The van der Waals surface area contributed by atoms with E-state index in [4.69, 9.17) is 5.26 Å². The van der Waals surface area contributed by atoms with Crippen LogP contribution in [0.1, 0.15) is 32.6 Å². The Morgan fingerprint density at radius 2 is 1.94 bits per heavy atom. The second-order valence-electron chi connectivity index (χ2n) is 5.36. The van der Waals surface area contributed by atoms with Gasteiger partial charge >= 0.3 is 0 Å². The van der Waals surface area contributed by atoms with E-state index in [9.17, 15) is 0 Å². The molecule has 1 saturated carbocycles. The summed E-state index contributed by atoms with van der Waals surface area (Å²) in [5, 5.41) is 8.80. The lowest BCUT2D eigenvalue weighted by Crippen LogP contribution is -2.32. The van der Waals surface area contributed by atoms with Gasteiger partial charge in [-0.05, 0) is 58.4 Å². The third kappa shape index (κ3) is 4.51. The van der Waals surface area contributed by atoms with Gasteiger partial charge < -0.3 is 9.80 Å². The minimum atomic E-state index is 0.364. The molecule has 0 aromatic rings. The van der Waals surface area contributed by atoms with Crippen molar-refractivity contribution in [1.82, 2.24) is 9.80 Å². The number of nitrogens with zero attached hydrogens (tertiary/aromatic N) is 3. The molecule has 0 amide bonds. The Labute approximate surface area is 100 Å². The molecule has 1 aliphatic rings. The van der Waals surface area contributed by atoms with Crippen molar-refractivity contribution in [2.75, 3.05) is 40.3 Å². The second kappa shape index (κ2) is 6.22. The average Bonchev–Trinajstić information content (AvgIpc) is 2.97. The molecule has 0 saturated heterocycles. The second-order valence-corrected chi connectivity index (χ2v) is 5.36. The summed E-state index contributed by atoms with van der Waals surface area (Å²) in [4.78, 5) is 4.74. The summed E-state index contributed by atoms with van der Waals surface area (Å²) >= 11 is 0. The Morgan fingerprint density at radius 1 is 1.25 bits per heavy atom. The fourth-order valence-electron chi connectivity index (χ4n) is 2.17. The van der Waals surface area contributed by atoms with Crippen LogP contribution in [0, 0.1) is 16.7 Å². The minimum absolute atomic E-state index is 0.364. The van der Waals surface area contributed by atoms with Crippen LogP contribution in [0.5, 0.6) is 0 Å². The molecule has 92 valence electrons. The first kappa shape index (κ1) is 13.5. The number of rotatable bonds is 8. The smallest absolute Gasteiger partial charge is 0.0628 e. The lowest BCUT2D eigenvalue weighted by atomic mass is 10.0. The maximum absolute atomic E-state index is 8.80. The van der Waals surface area contributed by atoms with Crippen molar-refractivity contribution < 1.29 is 0 Å². The lowest BCUT2D eigenvalue weighted by molar-refractivity contribution is 0.219. The molecular weight excluding hydrogens is 198 g/mol. The molecule has 0 aromatic carbocycles. The van der Waals surface area contributed by atoms with E-state index >= 15 is 0 Å². The van der Waals surface area contributed by atoms with Gasteiger partial charge in [0.1, 0.15) is 0 Å². The molecule has 0 radical (unpaired) electrons. The third-order valence-electron chi connectivity index (χ3n) is 3.50. The van der Waals surface area contributed by atoms with Gasteiger partial charge in [-0.2, -0.15) is 5.26 Å². The first-order valence-corrected chi connectivity index (χ1v) is 6.36. The molecule has 3 heteroatoms. The zero-order valence-corrected chi connectivity index (χ0v) is 11.0. The Hall–Kier alpha value is -0.590. The van der Waals surface area contributed by atoms with Crippen LogP contribution in [0.25, 0.3) is 0 Å².